The second kappa shape index (κ2) is 6.08. The van der Waals surface area contributed by atoms with Crippen molar-refractivity contribution in [3.05, 3.63) is 52.1 Å². The molecule has 1 aliphatic heterocycles. The van der Waals surface area contributed by atoms with E-state index in [2.05, 4.69) is 5.16 Å². The van der Waals surface area contributed by atoms with Crippen LogP contribution in [0.1, 0.15) is 47.6 Å². The van der Waals surface area contributed by atoms with Gasteiger partial charge in [0.15, 0.2) is 5.76 Å². The molecule has 22 heavy (non-hydrogen) atoms. The van der Waals surface area contributed by atoms with Gasteiger partial charge in [-0.1, -0.05) is 29.7 Å². The zero-order valence-corrected chi connectivity index (χ0v) is 12.9. The zero-order valence-electron chi connectivity index (χ0n) is 12.2. The molecule has 6 heteroatoms. The highest BCUT2D eigenvalue weighted by Crippen LogP contribution is 2.35. The number of hydrogen-bond acceptors (Lipinski definition) is 3. The van der Waals surface area contributed by atoms with E-state index < -0.39 is 11.7 Å². The van der Waals surface area contributed by atoms with Gasteiger partial charge in [0.05, 0.1) is 22.3 Å². The number of carbonyl (C=O) groups is 1. The first kappa shape index (κ1) is 15.0. The van der Waals surface area contributed by atoms with Crippen LogP contribution in [0.4, 0.5) is 4.39 Å². The Balaban J connectivity index is 1.91. The normalized spacial score (nSPS) is 18.0. The molecule has 0 N–H and O–H groups in total. The number of hydrogen-bond donors (Lipinski definition) is 0. The van der Waals surface area contributed by atoms with E-state index >= 15 is 0 Å². The van der Waals surface area contributed by atoms with Crippen LogP contribution < -0.4 is 0 Å². The van der Waals surface area contributed by atoms with Gasteiger partial charge in [-0.25, -0.2) is 4.39 Å². The summed E-state index contributed by atoms with van der Waals surface area (Å²) in [4.78, 5) is 14.3. The molecular formula is C16H16ClFN2O2. The number of likely N-dealkylation sites (tertiary alicyclic amines) is 1. The number of carbonyl (C=O) groups excluding carboxylic acids is 1. The topological polar surface area (TPSA) is 46.3 Å². The van der Waals surface area contributed by atoms with Gasteiger partial charge < -0.3 is 9.42 Å². The molecule has 1 amide bonds. The number of nitrogens with zero attached hydrogens (tertiary/aromatic N) is 2. The number of amides is 1. The summed E-state index contributed by atoms with van der Waals surface area (Å²) < 4.78 is 19.3. The molecule has 1 aromatic heterocycles. The molecule has 1 aliphatic rings. The van der Waals surface area contributed by atoms with Crippen LogP contribution in [0.5, 0.6) is 0 Å². The molecule has 3 rings (SSSR count). The monoisotopic (exact) mass is 322 g/mol. The highest BCUT2D eigenvalue weighted by molar-refractivity contribution is 6.33. The first-order chi connectivity index (χ1) is 10.6. The molecule has 0 aliphatic carbocycles. The van der Waals surface area contributed by atoms with E-state index in [0.29, 0.717) is 12.3 Å². The minimum atomic E-state index is -0.602. The molecule has 2 heterocycles. The summed E-state index contributed by atoms with van der Waals surface area (Å²) >= 11 is 6.00. The van der Waals surface area contributed by atoms with Crippen LogP contribution in [0.15, 0.2) is 28.8 Å². The largest absolute Gasteiger partial charge is 0.359 e. The van der Waals surface area contributed by atoms with Crippen molar-refractivity contribution in [2.45, 2.75) is 32.2 Å². The lowest BCUT2D eigenvalue weighted by Gasteiger charge is -2.23. The highest BCUT2D eigenvalue weighted by Gasteiger charge is 2.35. The predicted molar refractivity (Wildman–Crippen MR) is 80.3 cm³/mol. The van der Waals surface area contributed by atoms with Crippen molar-refractivity contribution >= 4 is 17.5 Å². The van der Waals surface area contributed by atoms with Crippen LogP contribution in [0.2, 0.25) is 5.02 Å². The van der Waals surface area contributed by atoms with Crippen LogP contribution in [-0.4, -0.2) is 22.5 Å². The van der Waals surface area contributed by atoms with E-state index in [1.54, 1.807) is 4.90 Å². The van der Waals surface area contributed by atoms with E-state index in [4.69, 9.17) is 16.1 Å². The summed E-state index contributed by atoms with van der Waals surface area (Å²) in [7, 11) is 0. The van der Waals surface area contributed by atoms with Crippen LogP contribution in [-0.2, 0) is 6.42 Å². The molecule has 0 saturated carbocycles. The molecule has 0 spiro atoms. The Morgan fingerprint density at radius 3 is 3.05 bits per heavy atom. The molecule has 4 nitrogen and oxygen atoms in total. The van der Waals surface area contributed by atoms with Crippen molar-refractivity contribution in [1.82, 2.24) is 10.1 Å². The summed E-state index contributed by atoms with van der Waals surface area (Å²) in [6.07, 6.45) is 2.38. The second-order valence-electron chi connectivity index (χ2n) is 5.33. The maximum Gasteiger partial charge on any atom is 0.258 e. The maximum atomic E-state index is 14.0. The van der Waals surface area contributed by atoms with Crippen molar-refractivity contribution in [3.63, 3.8) is 0 Å². The number of aryl methyl sites for hydroxylation is 1. The standard InChI is InChI=1S/C16H16ClFN2O2/c1-2-10-9-14(22-19-10)13-7-4-8-20(13)16(21)15-11(17)5-3-6-12(15)18/h3,5-6,9,13H,2,4,7-8H2,1H3. The van der Waals surface area contributed by atoms with Gasteiger partial charge in [0.2, 0.25) is 0 Å². The molecule has 0 radical (unpaired) electrons. The molecule has 0 bridgehead atoms. The number of halogens is 2. The van der Waals surface area contributed by atoms with E-state index in [-0.39, 0.29) is 16.6 Å². The van der Waals surface area contributed by atoms with Gasteiger partial charge in [-0.2, -0.15) is 0 Å². The lowest BCUT2D eigenvalue weighted by atomic mass is 10.1. The summed E-state index contributed by atoms with van der Waals surface area (Å²) in [6, 6.07) is 5.90. The van der Waals surface area contributed by atoms with Gasteiger partial charge in [-0.3, -0.25) is 4.79 Å². The quantitative estimate of drug-likeness (QED) is 0.857. The third-order valence-electron chi connectivity index (χ3n) is 3.96. The van der Waals surface area contributed by atoms with Gasteiger partial charge in [0.25, 0.3) is 5.91 Å². The smallest absolute Gasteiger partial charge is 0.258 e. The fourth-order valence-corrected chi connectivity index (χ4v) is 3.05. The molecule has 1 atom stereocenters. The SMILES string of the molecule is CCc1cc(C2CCCN2C(=O)c2c(F)cccc2Cl)on1. The predicted octanol–water partition coefficient (Wildman–Crippen LogP) is 4.01. The number of benzene rings is 1. The Hall–Kier alpha value is -1.88. The molecule has 1 unspecified atom stereocenters. The lowest BCUT2D eigenvalue weighted by Crippen LogP contribution is -2.31. The average molecular weight is 323 g/mol. The minimum absolute atomic E-state index is 0.0775. The number of rotatable bonds is 3. The van der Waals surface area contributed by atoms with Gasteiger partial charge in [-0.15, -0.1) is 0 Å². The third-order valence-corrected chi connectivity index (χ3v) is 4.27. The van der Waals surface area contributed by atoms with Crippen LogP contribution >= 0.6 is 11.6 Å². The summed E-state index contributed by atoms with van der Waals surface area (Å²) in [5, 5.41) is 4.10. The second-order valence-corrected chi connectivity index (χ2v) is 5.73. The molecule has 116 valence electrons. The van der Waals surface area contributed by atoms with Crippen LogP contribution in [0.3, 0.4) is 0 Å². The Morgan fingerprint density at radius 2 is 2.36 bits per heavy atom. The summed E-state index contributed by atoms with van der Waals surface area (Å²) in [5.74, 6) is -0.356. The number of aromatic nitrogens is 1. The Labute approximate surface area is 132 Å². The molecular weight excluding hydrogens is 307 g/mol. The van der Waals surface area contributed by atoms with Crippen LogP contribution in [0, 0.1) is 5.82 Å². The van der Waals surface area contributed by atoms with Crippen molar-refractivity contribution in [2.24, 2.45) is 0 Å². The van der Waals surface area contributed by atoms with Gasteiger partial charge in [-0.05, 0) is 31.4 Å². The highest BCUT2D eigenvalue weighted by atomic mass is 35.5. The summed E-state index contributed by atoms with van der Waals surface area (Å²) in [5.41, 5.74) is 0.768. The first-order valence-electron chi connectivity index (χ1n) is 7.32. The van der Waals surface area contributed by atoms with Crippen LogP contribution in [0.25, 0.3) is 0 Å². The van der Waals surface area contributed by atoms with E-state index in [0.717, 1.165) is 25.0 Å². The van der Waals surface area contributed by atoms with E-state index in [9.17, 15) is 9.18 Å². The van der Waals surface area contributed by atoms with Crippen molar-refractivity contribution in [1.29, 1.82) is 0 Å². The first-order valence-corrected chi connectivity index (χ1v) is 7.70. The summed E-state index contributed by atoms with van der Waals surface area (Å²) in [6.45, 7) is 2.54. The molecule has 1 fully saturated rings. The Kier molecular flexibility index (Phi) is 4.16. The molecule has 2 aromatic rings. The van der Waals surface area contributed by atoms with Gasteiger partial charge in [0.1, 0.15) is 5.82 Å². The van der Waals surface area contributed by atoms with Gasteiger partial charge >= 0.3 is 0 Å². The maximum absolute atomic E-state index is 14.0. The van der Waals surface area contributed by atoms with Crippen molar-refractivity contribution in [2.75, 3.05) is 6.54 Å². The van der Waals surface area contributed by atoms with Gasteiger partial charge in [0, 0.05) is 12.6 Å². The Bertz CT molecular complexity index is 681. The lowest BCUT2D eigenvalue weighted by molar-refractivity contribution is 0.0710. The fraction of sp³-hybridized carbons (Fsp3) is 0.375. The Morgan fingerprint density at radius 1 is 1.55 bits per heavy atom. The zero-order chi connectivity index (χ0) is 15.7. The van der Waals surface area contributed by atoms with E-state index in [1.807, 2.05) is 13.0 Å². The minimum Gasteiger partial charge on any atom is -0.359 e. The molecule has 1 aromatic carbocycles. The average Bonchev–Trinajstić information content (AvgIpc) is 3.15. The van der Waals surface area contributed by atoms with Crippen molar-refractivity contribution in [3.8, 4) is 0 Å². The molecule has 1 saturated heterocycles. The van der Waals surface area contributed by atoms with E-state index in [1.165, 1.54) is 18.2 Å². The third kappa shape index (κ3) is 2.61. The fourth-order valence-electron chi connectivity index (χ4n) is 2.80. The van der Waals surface area contributed by atoms with Crippen molar-refractivity contribution < 1.29 is 13.7 Å².